The average molecular weight is 465 g/mol. The van der Waals surface area contributed by atoms with Crippen LogP contribution in [0.3, 0.4) is 0 Å². The molecule has 0 saturated heterocycles. The van der Waals surface area contributed by atoms with Gasteiger partial charge in [0.15, 0.2) is 0 Å². The van der Waals surface area contributed by atoms with Crippen LogP contribution in [0.2, 0.25) is 0 Å². The second-order valence-corrected chi connectivity index (χ2v) is 8.43. The second-order valence-electron chi connectivity index (χ2n) is 7.55. The largest absolute Gasteiger partial charge is 0.465 e. The number of likely N-dealkylation sites (N-methyl/N-ethyl adjacent to an activating group) is 1. The summed E-state index contributed by atoms with van der Waals surface area (Å²) in [4.78, 5) is 41.0. The van der Waals surface area contributed by atoms with Crippen molar-refractivity contribution in [2.24, 2.45) is 0 Å². The molecule has 33 heavy (non-hydrogen) atoms. The number of carbonyl (C=O) groups is 3. The predicted octanol–water partition coefficient (Wildman–Crippen LogP) is 4.73. The third kappa shape index (κ3) is 3.98. The number of amides is 2. The number of carbonyl (C=O) groups excluding carboxylic acids is 3. The van der Waals surface area contributed by atoms with E-state index < -0.39 is 23.4 Å². The monoisotopic (exact) mass is 464 g/mol. The van der Waals surface area contributed by atoms with Crippen molar-refractivity contribution >= 4 is 39.8 Å². The maximum Gasteiger partial charge on any atom is 0.341 e. The maximum atomic E-state index is 13.4. The van der Waals surface area contributed by atoms with Gasteiger partial charge in [0, 0.05) is 17.5 Å². The molecule has 4 rings (SSSR count). The lowest BCUT2D eigenvalue weighted by molar-refractivity contribution is -0.145. The number of hydrogen-bond donors (Lipinski definition) is 1. The molecule has 1 aliphatic heterocycles. The zero-order valence-corrected chi connectivity index (χ0v) is 19.4. The van der Waals surface area contributed by atoms with E-state index >= 15 is 0 Å². The molecule has 0 bridgehead atoms. The Kier molecular flexibility index (Phi) is 6.20. The molecule has 3 aromatic rings. The fourth-order valence-corrected chi connectivity index (χ4v) is 4.72. The van der Waals surface area contributed by atoms with Gasteiger partial charge in [0.1, 0.15) is 16.3 Å². The van der Waals surface area contributed by atoms with E-state index in [1.807, 2.05) is 43.3 Å². The summed E-state index contributed by atoms with van der Waals surface area (Å²) < 4.78 is 11.2. The van der Waals surface area contributed by atoms with Gasteiger partial charge < -0.3 is 19.7 Å². The highest BCUT2D eigenvalue weighted by Crippen LogP contribution is 2.40. The standard InChI is InChI=1S/C25H24N2O5S/c1-4-27-18-13-9-10-14-19(18)32-25(3,24(27)30)23(29)26-21-20(22(28)31-5-2)17(15-33-21)16-11-7-6-8-12-16/h6-15H,4-5H2,1-3H3,(H,26,29). The fourth-order valence-electron chi connectivity index (χ4n) is 3.76. The number of para-hydroxylation sites is 2. The van der Waals surface area contributed by atoms with E-state index in [4.69, 9.17) is 9.47 Å². The van der Waals surface area contributed by atoms with Crippen LogP contribution < -0.4 is 15.0 Å². The molecule has 170 valence electrons. The average Bonchev–Trinajstić information content (AvgIpc) is 3.24. The lowest BCUT2D eigenvalue weighted by atomic mass is 9.99. The van der Waals surface area contributed by atoms with Crippen LogP contribution in [0.4, 0.5) is 10.7 Å². The van der Waals surface area contributed by atoms with Gasteiger partial charge in [-0.05, 0) is 38.5 Å². The summed E-state index contributed by atoms with van der Waals surface area (Å²) in [7, 11) is 0. The smallest absolute Gasteiger partial charge is 0.341 e. The lowest BCUT2D eigenvalue weighted by Gasteiger charge is -2.39. The number of esters is 1. The van der Waals surface area contributed by atoms with E-state index in [2.05, 4.69) is 5.32 Å². The minimum absolute atomic E-state index is 0.192. The molecule has 0 radical (unpaired) electrons. The molecular formula is C25H24N2O5S. The molecule has 0 spiro atoms. The van der Waals surface area contributed by atoms with Crippen LogP contribution in [0, 0.1) is 0 Å². The molecule has 1 aromatic heterocycles. The summed E-state index contributed by atoms with van der Waals surface area (Å²) >= 11 is 1.20. The molecular weight excluding hydrogens is 440 g/mol. The molecule has 0 aliphatic carbocycles. The predicted molar refractivity (Wildman–Crippen MR) is 128 cm³/mol. The van der Waals surface area contributed by atoms with Crippen LogP contribution >= 0.6 is 11.3 Å². The summed E-state index contributed by atoms with van der Waals surface area (Å²) in [6, 6.07) is 16.5. The third-order valence-electron chi connectivity index (χ3n) is 5.46. The summed E-state index contributed by atoms with van der Waals surface area (Å²) in [5, 5.41) is 4.85. The molecule has 1 unspecified atom stereocenters. The van der Waals surface area contributed by atoms with Crippen molar-refractivity contribution in [1.82, 2.24) is 0 Å². The molecule has 7 nitrogen and oxygen atoms in total. The van der Waals surface area contributed by atoms with Crippen LogP contribution in [0.1, 0.15) is 31.1 Å². The molecule has 1 atom stereocenters. The van der Waals surface area contributed by atoms with Crippen LogP contribution in [-0.4, -0.2) is 36.5 Å². The van der Waals surface area contributed by atoms with Gasteiger partial charge in [0.2, 0.25) is 0 Å². The van der Waals surface area contributed by atoms with Gasteiger partial charge in [0.05, 0.1) is 12.3 Å². The first-order chi connectivity index (χ1) is 15.9. The van der Waals surface area contributed by atoms with E-state index in [1.165, 1.54) is 23.2 Å². The Morgan fingerprint density at radius 2 is 1.79 bits per heavy atom. The first-order valence-corrected chi connectivity index (χ1v) is 11.5. The Labute approximate surface area is 195 Å². The van der Waals surface area contributed by atoms with E-state index in [0.29, 0.717) is 28.5 Å². The normalized spacial score (nSPS) is 17.2. The van der Waals surface area contributed by atoms with Crippen molar-refractivity contribution in [3.63, 3.8) is 0 Å². The number of anilines is 2. The second kappa shape index (κ2) is 9.07. The molecule has 1 N–H and O–H groups in total. The first kappa shape index (κ1) is 22.5. The highest BCUT2D eigenvalue weighted by molar-refractivity contribution is 7.15. The zero-order chi connectivity index (χ0) is 23.6. The molecule has 1 aliphatic rings. The minimum atomic E-state index is -1.80. The number of nitrogens with zero attached hydrogens (tertiary/aromatic N) is 1. The van der Waals surface area contributed by atoms with Crippen molar-refractivity contribution < 1.29 is 23.9 Å². The van der Waals surface area contributed by atoms with Crippen molar-refractivity contribution in [3.05, 3.63) is 65.5 Å². The summed E-state index contributed by atoms with van der Waals surface area (Å²) in [6.45, 7) is 5.57. The third-order valence-corrected chi connectivity index (χ3v) is 6.35. The molecule has 0 saturated carbocycles. The highest BCUT2D eigenvalue weighted by atomic mass is 32.1. The number of nitrogens with one attached hydrogen (secondary N) is 1. The molecule has 2 heterocycles. The van der Waals surface area contributed by atoms with E-state index in [9.17, 15) is 14.4 Å². The zero-order valence-electron chi connectivity index (χ0n) is 18.6. The summed E-state index contributed by atoms with van der Waals surface area (Å²) in [6.07, 6.45) is 0. The van der Waals surface area contributed by atoms with Gasteiger partial charge in [-0.25, -0.2) is 4.79 Å². The topological polar surface area (TPSA) is 84.9 Å². The van der Waals surface area contributed by atoms with Crippen LogP contribution in [0.25, 0.3) is 11.1 Å². The van der Waals surface area contributed by atoms with Gasteiger partial charge in [-0.15, -0.1) is 11.3 Å². The first-order valence-electron chi connectivity index (χ1n) is 10.7. The molecule has 2 aromatic carbocycles. The van der Waals surface area contributed by atoms with Gasteiger partial charge in [0.25, 0.3) is 17.4 Å². The number of thiophene rings is 1. The number of benzene rings is 2. The molecule has 2 amide bonds. The van der Waals surface area contributed by atoms with Crippen molar-refractivity contribution in [2.45, 2.75) is 26.4 Å². The van der Waals surface area contributed by atoms with Crippen LogP contribution in [0.15, 0.2) is 60.0 Å². The highest BCUT2D eigenvalue weighted by Gasteiger charge is 2.50. The molecule has 8 heteroatoms. The van der Waals surface area contributed by atoms with E-state index in [0.717, 1.165) is 5.56 Å². The molecule has 0 fully saturated rings. The van der Waals surface area contributed by atoms with E-state index in [-0.39, 0.29) is 12.2 Å². The van der Waals surface area contributed by atoms with Gasteiger partial charge in [-0.3, -0.25) is 9.59 Å². The van der Waals surface area contributed by atoms with Crippen molar-refractivity contribution in [3.8, 4) is 16.9 Å². The Balaban J connectivity index is 1.71. The fraction of sp³-hybridized carbons (Fsp3) is 0.240. The Morgan fingerprint density at radius 3 is 2.48 bits per heavy atom. The number of rotatable bonds is 6. The Hall–Kier alpha value is -3.65. The maximum absolute atomic E-state index is 13.4. The van der Waals surface area contributed by atoms with Gasteiger partial charge >= 0.3 is 5.97 Å². The Bertz CT molecular complexity index is 1210. The lowest BCUT2D eigenvalue weighted by Crippen LogP contribution is -2.60. The number of hydrogen-bond acceptors (Lipinski definition) is 6. The number of ether oxygens (including phenoxy) is 2. The van der Waals surface area contributed by atoms with E-state index in [1.54, 1.807) is 30.5 Å². The van der Waals surface area contributed by atoms with Crippen LogP contribution in [0.5, 0.6) is 5.75 Å². The number of fused-ring (bicyclic) bond motifs is 1. The van der Waals surface area contributed by atoms with Crippen molar-refractivity contribution in [2.75, 3.05) is 23.4 Å². The summed E-state index contributed by atoms with van der Waals surface area (Å²) in [5.41, 5.74) is 0.536. The summed E-state index contributed by atoms with van der Waals surface area (Å²) in [5.74, 6) is -1.24. The van der Waals surface area contributed by atoms with Gasteiger partial charge in [-0.2, -0.15) is 0 Å². The van der Waals surface area contributed by atoms with Gasteiger partial charge in [-0.1, -0.05) is 42.5 Å². The quantitative estimate of drug-likeness (QED) is 0.421. The van der Waals surface area contributed by atoms with Crippen LogP contribution in [-0.2, 0) is 14.3 Å². The SMILES string of the molecule is CCOC(=O)c1c(-c2ccccc2)csc1NC(=O)C1(C)Oc2ccccc2N(CC)C1=O. The minimum Gasteiger partial charge on any atom is -0.465 e. The van der Waals surface area contributed by atoms with Crippen molar-refractivity contribution in [1.29, 1.82) is 0 Å². The Morgan fingerprint density at radius 1 is 1.09 bits per heavy atom.